The number of carbonyl (C=O) groups excluding carboxylic acids is 2. The Kier molecular flexibility index (Phi) is 3.95. The molecule has 0 saturated heterocycles. The fourth-order valence-electron chi connectivity index (χ4n) is 3.19. The SMILES string of the molecule is C=CC(=O)CC1Oc2c(OC)cc(Br)c3c2C1CN(C=O)C3. The summed E-state index contributed by atoms with van der Waals surface area (Å²) in [5, 5.41) is 0. The second kappa shape index (κ2) is 5.76. The molecule has 3 rings (SSSR count). The first-order valence-electron chi connectivity index (χ1n) is 6.99. The third kappa shape index (κ3) is 2.31. The van der Waals surface area contributed by atoms with E-state index < -0.39 is 0 Å². The van der Waals surface area contributed by atoms with Gasteiger partial charge in [0.25, 0.3) is 0 Å². The monoisotopic (exact) mass is 365 g/mol. The Morgan fingerprint density at radius 3 is 3.05 bits per heavy atom. The number of rotatable bonds is 5. The topological polar surface area (TPSA) is 55.8 Å². The molecule has 6 heteroatoms. The van der Waals surface area contributed by atoms with Gasteiger partial charge in [0, 0.05) is 35.5 Å². The van der Waals surface area contributed by atoms with Crippen molar-refractivity contribution >= 4 is 28.1 Å². The van der Waals surface area contributed by atoms with E-state index >= 15 is 0 Å². The number of hydrogen-bond acceptors (Lipinski definition) is 4. The van der Waals surface area contributed by atoms with Crippen molar-refractivity contribution in [2.45, 2.75) is 25.0 Å². The Morgan fingerprint density at radius 2 is 2.41 bits per heavy atom. The highest BCUT2D eigenvalue weighted by molar-refractivity contribution is 9.10. The van der Waals surface area contributed by atoms with Crippen molar-refractivity contribution < 1.29 is 19.1 Å². The number of allylic oxidation sites excluding steroid dienone is 1. The predicted molar refractivity (Wildman–Crippen MR) is 84.1 cm³/mol. The summed E-state index contributed by atoms with van der Waals surface area (Å²) in [6.07, 6.45) is 2.09. The summed E-state index contributed by atoms with van der Waals surface area (Å²) in [5.74, 6) is 1.24. The van der Waals surface area contributed by atoms with E-state index in [1.165, 1.54) is 6.08 Å². The number of ketones is 1. The minimum Gasteiger partial charge on any atom is -0.493 e. The molecule has 0 aromatic heterocycles. The zero-order valence-corrected chi connectivity index (χ0v) is 13.8. The van der Waals surface area contributed by atoms with Gasteiger partial charge in [0.15, 0.2) is 17.3 Å². The van der Waals surface area contributed by atoms with Crippen molar-refractivity contribution in [3.8, 4) is 11.5 Å². The van der Waals surface area contributed by atoms with Gasteiger partial charge in [-0.05, 0) is 17.7 Å². The summed E-state index contributed by atoms with van der Waals surface area (Å²) in [7, 11) is 1.59. The van der Waals surface area contributed by atoms with E-state index in [2.05, 4.69) is 22.5 Å². The zero-order valence-electron chi connectivity index (χ0n) is 12.2. The van der Waals surface area contributed by atoms with Gasteiger partial charge in [0.1, 0.15) is 6.10 Å². The number of carbonyl (C=O) groups is 2. The fourth-order valence-corrected chi connectivity index (χ4v) is 3.73. The summed E-state index contributed by atoms with van der Waals surface area (Å²) in [4.78, 5) is 24.7. The molecular weight excluding hydrogens is 350 g/mol. The van der Waals surface area contributed by atoms with Crippen LogP contribution >= 0.6 is 15.9 Å². The molecule has 2 heterocycles. The van der Waals surface area contributed by atoms with Gasteiger partial charge in [-0.15, -0.1) is 0 Å². The molecule has 0 bridgehead atoms. The van der Waals surface area contributed by atoms with Gasteiger partial charge in [-0.25, -0.2) is 0 Å². The minimum atomic E-state index is -0.301. The maximum Gasteiger partial charge on any atom is 0.210 e. The molecule has 0 fully saturated rings. The molecule has 2 unspecified atom stereocenters. The van der Waals surface area contributed by atoms with Crippen LogP contribution in [0.2, 0.25) is 0 Å². The Bertz CT molecular complexity index is 658. The van der Waals surface area contributed by atoms with Crippen LogP contribution in [0.1, 0.15) is 23.5 Å². The number of methoxy groups -OCH3 is 1. The Hall–Kier alpha value is -1.82. The molecule has 1 amide bonds. The highest BCUT2D eigenvalue weighted by Crippen LogP contribution is 2.51. The lowest BCUT2D eigenvalue weighted by Gasteiger charge is -2.31. The molecular formula is C16H16BrNO4. The summed E-state index contributed by atoms with van der Waals surface area (Å²) in [5.41, 5.74) is 2.07. The number of nitrogens with zero attached hydrogens (tertiary/aromatic N) is 1. The maximum absolute atomic E-state index is 11.7. The summed E-state index contributed by atoms with van der Waals surface area (Å²) in [6, 6.07) is 1.84. The van der Waals surface area contributed by atoms with E-state index in [1.807, 2.05) is 6.07 Å². The van der Waals surface area contributed by atoms with E-state index in [9.17, 15) is 9.59 Å². The van der Waals surface area contributed by atoms with Crippen LogP contribution in [0.25, 0.3) is 0 Å². The van der Waals surface area contributed by atoms with Crippen LogP contribution in [0.4, 0.5) is 0 Å². The molecule has 5 nitrogen and oxygen atoms in total. The van der Waals surface area contributed by atoms with Crippen LogP contribution in [0.15, 0.2) is 23.2 Å². The third-order valence-corrected chi connectivity index (χ3v) is 4.93. The van der Waals surface area contributed by atoms with E-state index in [0.717, 1.165) is 22.0 Å². The van der Waals surface area contributed by atoms with Crippen LogP contribution in [-0.4, -0.2) is 36.9 Å². The third-order valence-electron chi connectivity index (χ3n) is 4.22. The lowest BCUT2D eigenvalue weighted by atomic mass is 9.86. The van der Waals surface area contributed by atoms with Crippen molar-refractivity contribution in [2.75, 3.05) is 13.7 Å². The van der Waals surface area contributed by atoms with Gasteiger partial charge in [-0.3, -0.25) is 9.59 Å². The van der Waals surface area contributed by atoms with Crippen LogP contribution in [0, 0.1) is 0 Å². The Labute approximate surface area is 137 Å². The molecule has 116 valence electrons. The van der Waals surface area contributed by atoms with Gasteiger partial charge in [0.2, 0.25) is 6.41 Å². The lowest BCUT2D eigenvalue weighted by molar-refractivity contribution is -0.119. The van der Waals surface area contributed by atoms with Gasteiger partial charge in [-0.1, -0.05) is 22.5 Å². The molecule has 2 aliphatic rings. The average Bonchev–Trinajstić information content (AvgIpc) is 2.89. The summed E-state index contributed by atoms with van der Waals surface area (Å²) in [6.45, 7) is 4.58. The molecule has 1 aromatic carbocycles. The van der Waals surface area contributed by atoms with E-state index in [4.69, 9.17) is 9.47 Å². The summed E-state index contributed by atoms with van der Waals surface area (Å²) >= 11 is 3.54. The largest absolute Gasteiger partial charge is 0.493 e. The molecule has 2 atom stereocenters. The van der Waals surface area contributed by atoms with E-state index in [-0.39, 0.29) is 24.2 Å². The molecule has 22 heavy (non-hydrogen) atoms. The summed E-state index contributed by atoms with van der Waals surface area (Å²) < 4.78 is 12.3. The van der Waals surface area contributed by atoms with Gasteiger partial charge < -0.3 is 14.4 Å². The molecule has 0 aliphatic carbocycles. The molecule has 0 radical (unpaired) electrons. The number of hydrogen-bond donors (Lipinski definition) is 0. The highest BCUT2D eigenvalue weighted by Gasteiger charge is 2.43. The fraction of sp³-hybridized carbons (Fsp3) is 0.375. The van der Waals surface area contributed by atoms with Crippen molar-refractivity contribution in [3.63, 3.8) is 0 Å². The van der Waals surface area contributed by atoms with Gasteiger partial charge >= 0.3 is 0 Å². The quantitative estimate of drug-likeness (QED) is 0.593. The first-order chi connectivity index (χ1) is 10.6. The molecule has 2 aliphatic heterocycles. The first-order valence-corrected chi connectivity index (χ1v) is 7.78. The number of amides is 1. The lowest BCUT2D eigenvalue weighted by Crippen LogP contribution is -2.37. The maximum atomic E-state index is 11.7. The van der Waals surface area contributed by atoms with Crippen molar-refractivity contribution in [3.05, 3.63) is 34.3 Å². The second-order valence-electron chi connectivity index (χ2n) is 5.45. The average molecular weight is 366 g/mol. The van der Waals surface area contributed by atoms with Gasteiger partial charge in [0.05, 0.1) is 7.11 Å². The van der Waals surface area contributed by atoms with Crippen molar-refractivity contribution in [2.24, 2.45) is 0 Å². The first kappa shape index (κ1) is 15.1. The molecule has 0 spiro atoms. The van der Waals surface area contributed by atoms with E-state index in [0.29, 0.717) is 24.6 Å². The second-order valence-corrected chi connectivity index (χ2v) is 6.31. The smallest absolute Gasteiger partial charge is 0.210 e. The normalized spacial score (nSPS) is 21.8. The zero-order chi connectivity index (χ0) is 15.9. The van der Waals surface area contributed by atoms with Crippen LogP contribution < -0.4 is 9.47 Å². The minimum absolute atomic E-state index is 0.0285. The van der Waals surface area contributed by atoms with Crippen LogP contribution in [0.5, 0.6) is 11.5 Å². The standard InChI is InChI=1S/C16H16BrNO4/c1-3-9(20)4-13-11-7-18(8-19)6-10-12(17)5-14(21-2)16(22-13)15(10)11/h3,5,8,11,13H,1,4,6-7H2,2H3. The molecule has 0 N–H and O–H groups in total. The van der Waals surface area contributed by atoms with Crippen LogP contribution in [-0.2, 0) is 16.1 Å². The van der Waals surface area contributed by atoms with Crippen molar-refractivity contribution in [1.82, 2.24) is 4.90 Å². The predicted octanol–water partition coefficient (Wildman–Crippen LogP) is 2.42. The van der Waals surface area contributed by atoms with Gasteiger partial charge in [-0.2, -0.15) is 0 Å². The number of benzene rings is 1. The Morgan fingerprint density at radius 1 is 1.64 bits per heavy atom. The molecule has 0 saturated carbocycles. The van der Waals surface area contributed by atoms with Crippen molar-refractivity contribution in [1.29, 1.82) is 0 Å². The van der Waals surface area contributed by atoms with E-state index in [1.54, 1.807) is 12.0 Å². The number of ether oxygens (including phenoxy) is 2. The molecule has 1 aromatic rings. The highest BCUT2D eigenvalue weighted by atomic mass is 79.9. The Balaban J connectivity index is 2.08. The number of halogens is 1. The van der Waals surface area contributed by atoms with Crippen LogP contribution in [0.3, 0.4) is 0 Å².